The van der Waals surface area contributed by atoms with Crippen molar-refractivity contribution in [3.8, 4) is 5.75 Å². The van der Waals surface area contributed by atoms with Crippen LogP contribution >= 0.6 is 0 Å². The Labute approximate surface area is 123 Å². The third kappa shape index (κ3) is 3.62. The summed E-state index contributed by atoms with van der Waals surface area (Å²) in [5.41, 5.74) is 0. The van der Waals surface area contributed by atoms with Crippen molar-refractivity contribution in [3.63, 3.8) is 0 Å². The second-order valence-electron chi connectivity index (χ2n) is 1.90. The van der Waals surface area contributed by atoms with E-state index in [2.05, 4.69) is 0 Å². The quantitative estimate of drug-likeness (QED) is 0.209. The fraction of sp³-hybridized carbons (Fsp3) is 0. The van der Waals surface area contributed by atoms with Gasteiger partial charge in [0.2, 0.25) is 0 Å². The SMILES string of the molecule is O.O.[K+].[O-]c1c(F)c(F)c(F)c(F)c1F. The van der Waals surface area contributed by atoms with Crippen LogP contribution in [-0.2, 0) is 0 Å². The van der Waals surface area contributed by atoms with E-state index in [1.54, 1.807) is 0 Å². The average Bonchev–Trinajstić information content (AvgIpc) is 2.08. The number of halogens is 5. The average molecular weight is 258 g/mol. The molecule has 0 radical (unpaired) electrons. The Morgan fingerprint density at radius 2 is 0.800 bits per heavy atom. The minimum absolute atomic E-state index is 0. The van der Waals surface area contributed by atoms with Gasteiger partial charge in [0.15, 0.2) is 29.1 Å². The predicted octanol–water partition coefficient (Wildman–Crippen LogP) is -3.19. The van der Waals surface area contributed by atoms with E-state index in [0.717, 1.165) is 0 Å². The van der Waals surface area contributed by atoms with Gasteiger partial charge in [0.1, 0.15) is 0 Å². The molecule has 0 bridgehead atoms. The van der Waals surface area contributed by atoms with Crippen LogP contribution in [0, 0.1) is 29.1 Å². The van der Waals surface area contributed by atoms with Crippen molar-refractivity contribution in [2.24, 2.45) is 0 Å². The molecule has 0 aliphatic carbocycles. The summed E-state index contributed by atoms with van der Waals surface area (Å²) in [5.74, 6) is -13.6. The Kier molecular flexibility index (Phi) is 10.3. The third-order valence-electron chi connectivity index (χ3n) is 1.17. The Bertz CT molecular complexity index is 241. The van der Waals surface area contributed by atoms with Crippen molar-refractivity contribution >= 4 is 0 Å². The molecular formula is C6H4F5KO3. The maximum Gasteiger partial charge on any atom is 1.00 e. The van der Waals surface area contributed by atoms with Gasteiger partial charge in [-0.25, -0.2) is 22.0 Å². The fourth-order valence-corrected chi connectivity index (χ4v) is 0.585. The first-order chi connectivity index (χ1) is 5.46. The summed E-state index contributed by atoms with van der Waals surface area (Å²) in [4.78, 5) is 0. The molecule has 0 aliphatic rings. The molecule has 0 saturated heterocycles. The minimum atomic E-state index is -2.33. The fourth-order valence-electron chi connectivity index (χ4n) is 0.585. The minimum Gasteiger partial charge on any atom is -0.868 e. The van der Waals surface area contributed by atoms with Crippen molar-refractivity contribution in [2.45, 2.75) is 0 Å². The van der Waals surface area contributed by atoms with Gasteiger partial charge in [0.05, 0.1) is 0 Å². The maximum atomic E-state index is 12.1. The molecule has 9 heteroatoms. The van der Waals surface area contributed by atoms with Gasteiger partial charge in [0, 0.05) is 0 Å². The molecule has 1 rings (SSSR count). The first kappa shape index (κ1) is 20.6. The molecule has 1 aromatic rings. The van der Waals surface area contributed by atoms with Crippen LogP contribution in [0.3, 0.4) is 0 Å². The van der Waals surface area contributed by atoms with Crippen LogP contribution in [0.25, 0.3) is 0 Å². The molecule has 4 N–H and O–H groups in total. The van der Waals surface area contributed by atoms with Gasteiger partial charge in [-0.2, -0.15) is 0 Å². The monoisotopic (exact) mass is 258 g/mol. The molecule has 0 heterocycles. The zero-order chi connectivity index (χ0) is 9.46. The molecule has 0 saturated carbocycles. The number of benzene rings is 1. The van der Waals surface area contributed by atoms with Crippen molar-refractivity contribution in [1.29, 1.82) is 0 Å². The molecule has 82 valence electrons. The third-order valence-corrected chi connectivity index (χ3v) is 1.17. The molecule has 0 unspecified atom stereocenters. The van der Waals surface area contributed by atoms with Crippen molar-refractivity contribution in [1.82, 2.24) is 0 Å². The second kappa shape index (κ2) is 7.49. The molecule has 0 aliphatic heterocycles. The van der Waals surface area contributed by atoms with E-state index in [1.807, 2.05) is 0 Å². The van der Waals surface area contributed by atoms with E-state index in [-0.39, 0.29) is 62.3 Å². The summed E-state index contributed by atoms with van der Waals surface area (Å²) in [6, 6.07) is 0. The molecule has 0 aromatic heterocycles. The largest absolute Gasteiger partial charge is 1.00 e. The smallest absolute Gasteiger partial charge is 0.868 e. The molecule has 15 heavy (non-hydrogen) atoms. The topological polar surface area (TPSA) is 86.1 Å². The van der Waals surface area contributed by atoms with Crippen LogP contribution in [0.1, 0.15) is 0 Å². The van der Waals surface area contributed by atoms with E-state index >= 15 is 0 Å². The normalized spacial score (nSPS) is 8.33. The van der Waals surface area contributed by atoms with Crippen LogP contribution in [-0.4, -0.2) is 11.0 Å². The Morgan fingerprint density at radius 3 is 1.07 bits per heavy atom. The van der Waals surface area contributed by atoms with Gasteiger partial charge in [-0.1, -0.05) is 0 Å². The maximum absolute atomic E-state index is 12.1. The van der Waals surface area contributed by atoms with Crippen LogP contribution in [0.4, 0.5) is 22.0 Å². The first-order valence-corrected chi connectivity index (χ1v) is 2.65. The zero-order valence-corrected chi connectivity index (χ0v) is 10.4. The summed E-state index contributed by atoms with van der Waals surface area (Å²) < 4.78 is 60.4. The van der Waals surface area contributed by atoms with Gasteiger partial charge in [0.25, 0.3) is 0 Å². The van der Waals surface area contributed by atoms with Gasteiger partial charge in [-0.3, -0.25) is 0 Å². The Morgan fingerprint density at radius 1 is 0.600 bits per heavy atom. The van der Waals surface area contributed by atoms with E-state index in [4.69, 9.17) is 0 Å². The number of hydrogen-bond acceptors (Lipinski definition) is 1. The molecule has 0 amide bonds. The molecule has 1 aromatic carbocycles. The van der Waals surface area contributed by atoms with Crippen molar-refractivity contribution < 1.29 is 89.4 Å². The standard InChI is InChI=1S/C6HF5O.K.2H2O/c7-1-2(8)4(10)6(12)5(11)3(1)9;;;/h12H;;2*1H2/q;+1;;/p-1. The zero-order valence-electron chi connectivity index (χ0n) is 7.30. The molecular weight excluding hydrogens is 254 g/mol. The molecule has 0 spiro atoms. The first-order valence-electron chi connectivity index (χ1n) is 2.65. The van der Waals surface area contributed by atoms with Crippen LogP contribution in [0.15, 0.2) is 0 Å². The second-order valence-corrected chi connectivity index (χ2v) is 1.90. The molecule has 3 nitrogen and oxygen atoms in total. The van der Waals surface area contributed by atoms with Crippen LogP contribution in [0.2, 0.25) is 0 Å². The van der Waals surface area contributed by atoms with Crippen molar-refractivity contribution in [2.75, 3.05) is 0 Å². The van der Waals surface area contributed by atoms with E-state index < -0.39 is 34.8 Å². The number of hydrogen-bond donors (Lipinski definition) is 0. The summed E-state index contributed by atoms with van der Waals surface area (Å²) in [5, 5.41) is 10.2. The summed E-state index contributed by atoms with van der Waals surface area (Å²) in [7, 11) is 0. The van der Waals surface area contributed by atoms with Gasteiger partial charge in [-0.05, 0) is 5.75 Å². The predicted molar refractivity (Wildman–Crippen MR) is 32.9 cm³/mol. The van der Waals surface area contributed by atoms with Gasteiger partial charge < -0.3 is 16.1 Å². The van der Waals surface area contributed by atoms with Crippen LogP contribution < -0.4 is 56.5 Å². The van der Waals surface area contributed by atoms with E-state index in [1.165, 1.54) is 0 Å². The Hall–Kier alpha value is 0.226. The summed E-state index contributed by atoms with van der Waals surface area (Å²) in [6.07, 6.45) is 0. The van der Waals surface area contributed by atoms with Gasteiger partial charge in [-0.15, -0.1) is 0 Å². The van der Waals surface area contributed by atoms with E-state index in [9.17, 15) is 27.1 Å². The number of rotatable bonds is 0. The summed E-state index contributed by atoms with van der Waals surface area (Å²) in [6.45, 7) is 0. The van der Waals surface area contributed by atoms with Crippen molar-refractivity contribution in [3.05, 3.63) is 29.1 Å². The van der Waals surface area contributed by atoms with Crippen LogP contribution in [0.5, 0.6) is 5.75 Å². The van der Waals surface area contributed by atoms with E-state index in [0.29, 0.717) is 0 Å². The molecule has 0 atom stereocenters. The summed E-state index contributed by atoms with van der Waals surface area (Å²) >= 11 is 0. The Balaban J connectivity index is -0.000000480. The van der Waals surface area contributed by atoms with Gasteiger partial charge >= 0.3 is 51.4 Å². The molecule has 0 fully saturated rings.